The van der Waals surface area contributed by atoms with Crippen molar-refractivity contribution < 1.29 is 0 Å². The summed E-state index contributed by atoms with van der Waals surface area (Å²) in [5, 5.41) is 0. The topological polar surface area (TPSA) is 6.48 Å². The first-order chi connectivity index (χ1) is 4.70. The van der Waals surface area contributed by atoms with Crippen LogP contribution in [0.15, 0.2) is 0 Å². The molecule has 10 heavy (non-hydrogen) atoms. The van der Waals surface area contributed by atoms with Crippen molar-refractivity contribution in [3.05, 3.63) is 0 Å². The van der Waals surface area contributed by atoms with Crippen LogP contribution in [0.25, 0.3) is 0 Å². The molecule has 1 aliphatic heterocycles. The van der Waals surface area contributed by atoms with Gasteiger partial charge in [0.2, 0.25) is 0 Å². The van der Waals surface area contributed by atoms with Gasteiger partial charge in [-0.2, -0.15) is 0 Å². The molecule has 0 aromatic rings. The van der Waals surface area contributed by atoms with Crippen LogP contribution in [0.5, 0.6) is 0 Å². The van der Waals surface area contributed by atoms with Crippen LogP contribution in [0.2, 0.25) is 0 Å². The standard InChI is InChI=1S/C7H17N2P/c1-8-4-6-9(7-5-8)10(2)3/h4-7H2,1-3H3. The molecule has 2 nitrogen and oxygen atoms in total. The zero-order valence-electron chi connectivity index (χ0n) is 7.17. The summed E-state index contributed by atoms with van der Waals surface area (Å²) in [6, 6.07) is 0. The molecule has 1 aliphatic rings. The van der Waals surface area contributed by atoms with Gasteiger partial charge in [0.05, 0.1) is 0 Å². The van der Waals surface area contributed by atoms with Gasteiger partial charge < -0.3 is 4.90 Å². The number of hydrogen-bond acceptors (Lipinski definition) is 2. The molecule has 60 valence electrons. The van der Waals surface area contributed by atoms with Gasteiger partial charge in [0.15, 0.2) is 0 Å². The number of nitrogens with zero attached hydrogens (tertiary/aromatic N) is 2. The minimum Gasteiger partial charge on any atom is -0.304 e. The van der Waals surface area contributed by atoms with Crippen molar-refractivity contribution in [3.63, 3.8) is 0 Å². The van der Waals surface area contributed by atoms with Crippen LogP contribution in [0.3, 0.4) is 0 Å². The van der Waals surface area contributed by atoms with Gasteiger partial charge in [-0.05, 0) is 28.4 Å². The fourth-order valence-corrected chi connectivity index (χ4v) is 2.17. The summed E-state index contributed by atoms with van der Waals surface area (Å²) < 4.78 is 2.59. The lowest BCUT2D eigenvalue weighted by atomic mass is 10.4. The molecule has 1 rings (SSSR count). The van der Waals surface area contributed by atoms with Gasteiger partial charge in [-0.1, -0.05) is 0 Å². The molecule has 0 bridgehead atoms. The SMILES string of the molecule is CN1CCN(P(C)C)CC1. The fraction of sp³-hybridized carbons (Fsp3) is 1.00. The molecule has 0 N–H and O–H groups in total. The summed E-state index contributed by atoms with van der Waals surface area (Å²) in [4.78, 5) is 2.40. The van der Waals surface area contributed by atoms with E-state index in [1.807, 2.05) is 0 Å². The highest BCUT2D eigenvalue weighted by Crippen LogP contribution is 2.31. The van der Waals surface area contributed by atoms with E-state index < -0.39 is 0 Å². The molecule has 3 heteroatoms. The van der Waals surface area contributed by atoms with Gasteiger partial charge in [0.1, 0.15) is 0 Å². The van der Waals surface area contributed by atoms with Crippen LogP contribution >= 0.6 is 8.07 Å². The zero-order valence-corrected chi connectivity index (χ0v) is 8.06. The van der Waals surface area contributed by atoms with Gasteiger partial charge in [-0.3, -0.25) is 4.67 Å². The maximum absolute atomic E-state index is 2.59. The van der Waals surface area contributed by atoms with E-state index in [1.54, 1.807) is 0 Å². The minimum absolute atomic E-state index is 0.169. The van der Waals surface area contributed by atoms with Gasteiger partial charge >= 0.3 is 0 Å². The molecule has 0 saturated carbocycles. The third-order valence-corrected chi connectivity index (χ3v) is 3.58. The third kappa shape index (κ3) is 2.19. The highest BCUT2D eigenvalue weighted by molar-refractivity contribution is 7.53. The van der Waals surface area contributed by atoms with E-state index in [2.05, 4.69) is 29.9 Å². The van der Waals surface area contributed by atoms with E-state index in [4.69, 9.17) is 0 Å². The second-order valence-electron chi connectivity index (χ2n) is 3.10. The van der Waals surface area contributed by atoms with E-state index >= 15 is 0 Å². The van der Waals surface area contributed by atoms with E-state index in [-0.39, 0.29) is 8.07 Å². The number of rotatable bonds is 1. The third-order valence-electron chi connectivity index (χ3n) is 2.05. The first-order valence-corrected chi connectivity index (χ1v) is 6.00. The average molecular weight is 160 g/mol. The molecule has 0 aromatic carbocycles. The Labute approximate surface area is 65.0 Å². The maximum Gasteiger partial charge on any atom is 0.0149 e. The molecule has 1 fully saturated rings. The first-order valence-electron chi connectivity index (χ1n) is 3.81. The molecule has 0 aliphatic carbocycles. The van der Waals surface area contributed by atoms with Crippen molar-refractivity contribution >= 4 is 8.07 Å². The molecule has 0 radical (unpaired) electrons. The Morgan fingerprint density at radius 3 is 1.90 bits per heavy atom. The minimum atomic E-state index is 0.169. The van der Waals surface area contributed by atoms with Crippen molar-refractivity contribution in [1.82, 2.24) is 9.57 Å². The lowest BCUT2D eigenvalue weighted by molar-refractivity contribution is 0.229. The molecule has 0 atom stereocenters. The molecule has 0 amide bonds. The highest BCUT2D eigenvalue weighted by Gasteiger charge is 2.15. The zero-order chi connectivity index (χ0) is 7.56. The summed E-state index contributed by atoms with van der Waals surface area (Å²) >= 11 is 0. The summed E-state index contributed by atoms with van der Waals surface area (Å²) in [6.45, 7) is 9.72. The van der Waals surface area contributed by atoms with Crippen molar-refractivity contribution in [2.75, 3.05) is 46.6 Å². The predicted octanol–water partition coefficient (Wildman–Crippen LogP) is 0.890. The Hall–Kier alpha value is 0.350. The Morgan fingerprint density at radius 2 is 1.50 bits per heavy atom. The molecule has 0 spiro atoms. The van der Waals surface area contributed by atoms with Crippen molar-refractivity contribution in [2.45, 2.75) is 0 Å². The molecule has 1 saturated heterocycles. The van der Waals surface area contributed by atoms with Crippen LogP contribution in [0.1, 0.15) is 0 Å². The Balaban J connectivity index is 2.26. The van der Waals surface area contributed by atoms with E-state index in [9.17, 15) is 0 Å². The second kappa shape index (κ2) is 3.66. The van der Waals surface area contributed by atoms with Crippen LogP contribution in [0, 0.1) is 0 Å². The molecule has 0 aromatic heterocycles. The van der Waals surface area contributed by atoms with Gasteiger partial charge in [-0.25, -0.2) is 0 Å². The van der Waals surface area contributed by atoms with Gasteiger partial charge in [-0.15, -0.1) is 0 Å². The smallest absolute Gasteiger partial charge is 0.0149 e. The van der Waals surface area contributed by atoms with Crippen molar-refractivity contribution in [3.8, 4) is 0 Å². The van der Waals surface area contributed by atoms with E-state index in [0.717, 1.165) is 0 Å². The molecule has 1 heterocycles. The van der Waals surface area contributed by atoms with Crippen LogP contribution in [-0.2, 0) is 0 Å². The Bertz CT molecular complexity index is 97.8. The van der Waals surface area contributed by atoms with Crippen molar-refractivity contribution in [2.24, 2.45) is 0 Å². The predicted molar refractivity (Wildman–Crippen MR) is 47.8 cm³/mol. The highest BCUT2D eigenvalue weighted by atomic mass is 31.1. The van der Waals surface area contributed by atoms with Crippen LogP contribution in [-0.4, -0.2) is 56.1 Å². The van der Waals surface area contributed by atoms with Gasteiger partial charge in [0, 0.05) is 26.2 Å². The fourth-order valence-electron chi connectivity index (χ4n) is 1.20. The average Bonchev–Trinajstić information content (AvgIpc) is 1.88. The summed E-state index contributed by atoms with van der Waals surface area (Å²) in [7, 11) is 2.37. The molecular weight excluding hydrogens is 143 g/mol. The lowest BCUT2D eigenvalue weighted by Crippen LogP contribution is -2.41. The summed E-state index contributed by atoms with van der Waals surface area (Å²) in [5.74, 6) is 0. The molecular formula is C7H17N2P. The quantitative estimate of drug-likeness (QED) is 0.526. The van der Waals surface area contributed by atoms with Gasteiger partial charge in [0.25, 0.3) is 0 Å². The number of hydrogen-bond donors (Lipinski definition) is 0. The van der Waals surface area contributed by atoms with Crippen LogP contribution < -0.4 is 0 Å². The summed E-state index contributed by atoms with van der Waals surface area (Å²) in [6.07, 6.45) is 0. The molecule has 0 unspecified atom stereocenters. The van der Waals surface area contributed by atoms with E-state index in [1.165, 1.54) is 26.2 Å². The Morgan fingerprint density at radius 1 is 1.00 bits per heavy atom. The van der Waals surface area contributed by atoms with E-state index in [0.29, 0.717) is 0 Å². The van der Waals surface area contributed by atoms with Crippen LogP contribution in [0.4, 0.5) is 0 Å². The first kappa shape index (κ1) is 8.45. The second-order valence-corrected chi connectivity index (χ2v) is 5.36. The summed E-state index contributed by atoms with van der Waals surface area (Å²) in [5.41, 5.74) is 0. The number of piperazine rings is 1. The monoisotopic (exact) mass is 160 g/mol. The largest absolute Gasteiger partial charge is 0.304 e. The lowest BCUT2D eigenvalue weighted by Gasteiger charge is -2.34. The number of likely N-dealkylation sites (N-methyl/N-ethyl adjacent to an activating group) is 1. The normalized spacial score (nSPS) is 24.0. The maximum atomic E-state index is 2.59. The van der Waals surface area contributed by atoms with Crippen molar-refractivity contribution in [1.29, 1.82) is 0 Å². The Kier molecular flexibility index (Phi) is 3.09.